The second-order valence-corrected chi connectivity index (χ2v) is 6.43. The summed E-state index contributed by atoms with van der Waals surface area (Å²) in [6.07, 6.45) is 8.72. The van der Waals surface area contributed by atoms with Gasteiger partial charge in [-0.2, -0.15) is 0 Å². The van der Waals surface area contributed by atoms with E-state index in [-0.39, 0.29) is 6.47 Å². The van der Waals surface area contributed by atoms with E-state index in [2.05, 4.69) is 18.8 Å². The van der Waals surface area contributed by atoms with Crippen LogP contribution in [0.3, 0.4) is 0 Å². The highest BCUT2D eigenvalue weighted by Gasteiger charge is 2.39. The molecule has 2 aromatic rings. The van der Waals surface area contributed by atoms with Gasteiger partial charge in [-0.05, 0) is 24.4 Å². The van der Waals surface area contributed by atoms with Gasteiger partial charge in [-0.1, -0.05) is 0 Å². The Balaban J connectivity index is 0.000000485. The standard InChI is InChI=1S/C14H16N4OS.CH2O2/c19-13-5-10(8-18(13)12-1-2-12)7-17-4-3-15-14(17)11-6-16-20-9-11;2-1-3/h3-4,6,9-10,12H,1-2,5,7-8H2;1H,(H,2,3). The van der Waals surface area contributed by atoms with Gasteiger partial charge >= 0.3 is 0 Å². The molecule has 0 spiro atoms. The molecule has 2 aromatic heterocycles. The van der Waals surface area contributed by atoms with Crippen LogP contribution in [0, 0.1) is 5.92 Å². The van der Waals surface area contributed by atoms with Crippen molar-refractivity contribution in [3.05, 3.63) is 24.0 Å². The predicted molar refractivity (Wildman–Crippen MR) is 84.9 cm³/mol. The van der Waals surface area contributed by atoms with E-state index in [1.165, 1.54) is 24.4 Å². The number of amides is 1. The lowest BCUT2D eigenvalue weighted by Crippen LogP contribution is -2.27. The smallest absolute Gasteiger partial charge is 0.290 e. The average molecular weight is 334 g/mol. The maximum atomic E-state index is 12.0. The van der Waals surface area contributed by atoms with E-state index >= 15 is 0 Å². The van der Waals surface area contributed by atoms with Gasteiger partial charge in [0.1, 0.15) is 5.82 Å². The van der Waals surface area contributed by atoms with Crippen LogP contribution in [0.4, 0.5) is 0 Å². The topological polar surface area (TPSA) is 88.3 Å². The number of carboxylic acid groups (broad SMARTS) is 1. The third-order valence-corrected chi connectivity index (χ3v) is 4.67. The molecular formula is C15H18N4O3S. The van der Waals surface area contributed by atoms with Crippen molar-refractivity contribution < 1.29 is 14.7 Å². The molecule has 1 amide bonds. The van der Waals surface area contributed by atoms with E-state index in [0.717, 1.165) is 24.5 Å². The predicted octanol–water partition coefficient (Wildman–Crippen LogP) is 1.72. The zero-order valence-electron chi connectivity index (χ0n) is 12.5. The second-order valence-electron chi connectivity index (χ2n) is 5.77. The van der Waals surface area contributed by atoms with E-state index < -0.39 is 0 Å². The van der Waals surface area contributed by atoms with Gasteiger partial charge in [0.25, 0.3) is 6.47 Å². The fourth-order valence-corrected chi connectivity index (χ4v) is 3.50. The van der Waals surface area contributed by atoms with Crippen molar-refractivity contribution in [1.29, 1.82) is 0 Å². The summed E-state index contributed by atoms with van der Waals surface area (Å²) in [6, 6.07) is 0.538. The number of hydrogen-bond acceptors (Lipinski definition) is 5. The van der Waals surface area contributed by atoms with Crippen molar-refractivity contribution in [2.45, 2.75) is 31.8 Å². The summed E-state index contributed by atoms with van der Waals surface area (Å²) < 4.78 is 6.28. The summed E-state index contributed by atoms with van der Waals surface area (Å²) in [5, 5.41) is 8.90. The highest BCUT2D eigenvalue weighted by Crippen LogP contribution is 2.33. The van der Waals surface area contributed by atoms with E-state index in [0.29, 0.717) is 24.3 Å². The lowest BCUT2D eigenvalue weighted by molar-refractivity contribution is -0.128. The van der Waals surface area contributed by atoms with Crippen LogP contribution in [0.2, 0.25) is 0 Å². The van der Waals surface area contributed by atoms with Crippen LogP contribution in [0.25, 0.3) is 11.4 Å². The number of nitrogens with zero attached hydrogens (tertiary/aromatic N) is 4. The van der Waals surface area contributed by atoms with Gasteiger partial charge in [0.15, 0.2) is 0 Å². The minimum absolute atomic E-state index is 0.250. The summed E-state index contributed by atoms with van der Waals surface area (Å²) in [6.45, 7) is 1.52. The SMILES string of the molecule is O=C1CC(Cn2ccnc2-c2cnsc2)CN1C1CC1.O=CO. The van der Waals surface area contributed by atoms with Gasteiger partial charge in [-0.25, -0.2) is 9.36 Å². The molecule has 2 aliphatic rings. The van der Waals surface area contributed by atoms with Crippen LogP contribution in [-0.4, -0.2) is 48.9 Å². The summed E-state index contributed by atoms with van der Waals surface area (Å²) in [5.74, 6) is 1.69. The Labute approximate surface area is 137 Å². The Morgan fingerprint density at radius 3 is 2.87 bits per heavy atom. The van der Waals surface area contributed by atoms with Crippen molar-refractivity contribution in [2.24, 2.45) is 5.92 Å². The molecule has 1 saturated heterocycles. The van der Waals surface area contributed by atoms with E-state index in [1.54, 1.807) is 0 Å². The second kappa shape index (κ2) is 6.91. The van der Waals surface area contributed by atoms with Crippen LogP contribution in [0.5, 0.6) is 0 Å². The quantitative estimate of drug-likeness (QED) is 0.860. The summed E-state index contributed by atoms with van der Waals surface area (Å²) in [4.78, 5) is 26.9. The van der Waals surface area contributed by atoms with Gasteiger partial charge in [0.2, 0.25) is 5.91 Å². The first-order valence-electron chi connectivity index (χ1n) is 7.51. The molecular weight excluding hydrogens is 316 g/mol. The maximum absolute atomic E-state index is 12.0. The van der Waals surface area contributed by atoms with Crippen LogP contribution in [0.15, 0.2) is 24.0 Å². The normalized spacial score (nSPS) is 20.3. The summed E-state index contributed by atoms with van der Waals surface area (Å²) in [5.41, 5.74) is 1.06. The first-order chi connectivity index (χ1) is 11.2. The number of imidazole rings is 1. The summed E-state index contributed by atoms with van der Waals surface area (Å²) >= 11 is 1.44. The first-order valence-corrected chi connectivity index (χ1v) is 8.34. The molecule has 1 aliphatic carbocycles. The Morgan fingerprint density at radius 2 is 2.22 bits per heavy atom. The lowest BCUT2D eigenvalue weighted by atomic mass is 10.1. The molecule has 122 valence electrons. The first kappa shape index (κ1) is 15.7. The van der Waals surface area contributed by atoms with Gasteiger partial charge in [0, 0.05) is 54.8 Å². The van der Waals surface area contributed by atoms with Crippen molar-refractivity contribution >= 4 is 23.9 Å². The van der Waals surface area contributed by atoms with E-state index in [1.807, 2.05) is 24.0 Å². The molecule has 3 heterocycles. The Hall–Kier alpha value is -2.22. The fraction of sp³-hybridized carbons (Fsp3) is 0.467. The molecule has 1 N–H and O–H groups in total. The van der Waals surface area contributed by atoms with Crippen molar-refractivity contribution in [2.75, 3.05) is 6.54 Å². The zero-order chi connectivity index (χ0) is 16.2. The van der Waals surface area contributed by atoms with E-state index in [9.17, 15) is 4.79 Å². The molecule has 4 rings (SSSR count). The third kappa shape index (κ3) is 3.58. The van der Waals surface area contributed by atoms with Crippen LogP contribution < -0.4 is 0 Å². The maximum Gasteiger partial charge on any atom is 0.290 e. The van der Waals surface area contributed by atoms with Gasteiger partial charge in [-0.3, -0.25) is 9.59 Å². The molecule has 8 heteroatoms. The molecule has 23 heavy (non-hydrogen) atoms. The number of hydrogen-bond donors (Lipinski definition) is 1. The third-order valence-electron chi connectivity index (χ3n) is 4.09. The molecule has 1 atom stereocenters. The fourth-order valence-electron chi connectivity index (χ4n) is 2.98. The monoisotopic (exact) mass is 334 g/mol. The molecule has 7 nitrogen and oxygen atoms in total. The Kier molecular flexibility index (Phi) is 4.71. The van der Waals surface area contributed by atoms with Crippen molar-refractivity contribution in [1.82, 2.24) is 18.8 Å². The van der Waals surface area contributed by atoms with Crippen LogP contribution in [0.1, 0.15) is 19.3 Å². The molecule has 0 bridgehead atoms. The Morgan fingerprint density at radius 1 is 1.43 bits per heavy atom. The molecule has 0 radical (unpaired) electrons. The van der Waals surface area contributed by atoms with Crippen molar-refractivity contribution in [3.63, 3.8) is 0 Å². The number of carbonyl (C=O) groups is 2. The zero-order valence-corrected chi connectivity index (χ0v) is 13.4. The largest absolute Gasteiger partial charge is 0.483 e. The number of aromatic nitrogens is 3. The number of likely N-dealkylation sites (tertiary alicyclic amines) is 1. The van der Waals surface area contributed by atoms with Crippen LogP contribution in [-0.2, 0) is 16.1 Å². The van der Waals surface area contributed by atoms with Crippen LogP contribution >= 0.6 is 11.5 Å². The minimum Gasteiger partial charge on any atom is -0.483 e. The summed E-state index contributed by atoms with van der Waals surface area (Å²) in [7, 11) is 0. The molecule has 1 unspecified atom stereocenters. The average Bonchev–Trinajstić information content (AvgIpc) is 2.91. The number of carbonyl (C=O) groups excluding carboxylic acids is 1. The van der Waals surface area contributed by atoms with Gasteiger partial charge in [-0.15, -0.1) is 0 Å². The highest BCUT2D eigenvalue weighted by atomic mass is 32.1. The highest BCUT2D eigenvalue weighted by molar-refractivity contribution is 7.03. The molecule has 2 fully saturated rings. The van der Waals surface area contributed by atoms with Gasteiger partial charge in [0.05, 0.1) is 6.20 Å². The molecule has 1 saturated carbocycles. The van der Waals surface area contributed by atoms with Gasteiger partial charge < -0.3 is 14.6 Å². The van der Waals surface area contributed by atoms with Crippen molar-refractivity contribution in [3.8, 4) is 11.4 Å². The molecule has 1 aliphatic heterocycles. The Bertz CT molecular complexity index is 666. The lowest BCUT2D eigenvalue weighted by Gasteiger charge is -2.16. The van der Waals surface area contributed by atoms with E-state index in [4.69, 9.17) is 9.90 Å². The minimum atomic E-state index is -0.250. The number of rotatable bonds is 4. The molecule has 0 aromatic carbocycles.